The summed E-state index contributed by atoms with van der Waals surface area (Å²) in [6, 6.07) is 9.00. The van der Waals surface area contributed by atoms with Crippen LogP contribution in [0.25, 0.3) is 0 Å². The minimum atomic E-state index is -0.649. The molecular formula is C17H23NO2. The summed E-state index contributed by atoms with van der Waals surface area (Å²) in [4.78, 5) is 13.2. The Kier molecular flexibility index (Phi) is 4.06. The quantitative estimate of drug-likeness (QED) is 0.915. The van der Waals surface area contributed by atoms with Gasteiger partial charge in [-0.2, -0.15) is 0 Å². The molecule has 0 bridgehead atoms. The Hall–Kier alpha value is -1.35. The smallest absolute Gasteiger partial charge is 0.307 e. The van der Waals surface area contributed by atoms with E-state index in [2.05, 4.69) is 29.2 Å². The van der Waals surface area contributed by atoms with E-state index in [1.165, 1.54) is 36.8 Å². The number of likely N-dealkylation sites (tertiary alicyclic amines) is 1. The van der Waals surface area contributed by atoms with Gasteiger partial charge in [0, 0.05) is 13.1 Å². The molecule has 108 valence electrons. The van der Waals surface area contributed by atoms with E-state index in [1.807, 2.05) is 0 Å². The molecule has 0 amide bonds. The monoisotopic (exact) mass is 273 g/mol. The molecular weight excluding hydrogens is 250 g/mol. The second-order valence-electron chi connectivity index (χ2n) is 6.28. The van der Waals surface area contributed by atoms with E-state index in [1.54, 1.807) is 0 Å². The number of nitrogens with zero attached hydrogens (tertiary/aromatic N) is 1. The Balaban J connectivity index is 1.57. The maximum absolute atomic E-state index is 11.0. The topological polar surface area (TPSA) is 40.5 Å². The first kappa shape index (κ1) is 13.6. The summed E-state index contributed by atoms with van der Waals surface area (Å²) in [5.74, 6) is -0.0518. The zero-order valence-electron chi connectivity index (χ0n) is 11.9. The average Bonchev–Trinajstić information content (AvgIpc) is 3.10. The largest absolute Gasteiger partial charge is 0.481 e. The van der Waals surface area contributed by atoms with Gasteiger partial charge in [0.2, 0.25) is 0 Å². The number of rotatable bonds is 4. The van der Waals surface area contributed by atoms with Crippen molar-refractivity contribution in [2.75, 3.05) is 13.1 Å². The van der Waals surface area contributed by atoms with Crippen LogP contribution in [0.4, 0.5) is 0 Å². The predicted molar refractivity (Wildman–Crippen MR) is 78.7 cm³/mol. The van der Waals surface area contributed by atoms with Crippen LogP contribution in [0, 0.1) is 5.92 Å². The minimum absolute atomic E-state index is 0.173. The van der Waals surface area contributed by atoms with Crippen molar-refractivity contribution in [1.82, 2.24) is 4.90 Å². The fraction of sp³-hybridized carbons (Fsp3) is 0.588. The molecule has 0 radical (unpaired) electrons. The molecule has 3 heteroatoms. The number of aliphatic carboxylic acids is 1. The molecule has 1 atom stereocenters. The number of benzene rings is 1. The molecule has 1 saturated carbocycles. The number of hydrogen-bond acceptors (Lipinski definition) is 2. The van der Waals surface area contributed by atoms with Crippen molar-refractivity contribution in [3.05, 3.63) is 35.4 Å². The SMILES string of the molecule is O=C(O)C1CCN(Cc2ccc(C3CCCC3)cc2)C1. The Morgan fingerprint density at radius 3 is 2.45 bits per heavy atom. The summed E-state index contributed by atoms with van der Waals surface area (Å²) in [6.45, 7) is 2.48. The second-order valence-corrected chi connectivity index (χ2v) is 6.28. The summed E-state index contributed by atoms with van der Waals surface area (Å²) < 4.78 is 0. The number of hydrogen-bond donors (Lipinski definition) is 1. The number of carboxylic acid groups (broad SMARTS) is 1. The molecule has 3 rings (SSSR count). The fourth-order valence-electron chi connectivity index (χ4n) is 3.59. The Morgan fingerprint density at radius 2 is 1.85 bits per heavy atom. The predicted octanol–water partition coefficient (Wildman–Crippen LogP) is 3.25. The zero-order valence-corrected chi connectivity index (χ0v) is 11.9. The van der Waals surface area contributed by atoms with Gasteiger partial charge in [-0.25, -0.2) is 0 Å². The molecule has 20 heavy (non-hydrogen) atoms. The van der Waals surface area contributed by atoms with Crippen LogP contribution < -0.4 is 0 Å². The molecule has 1 unspecified atom stereocenters. The first-order valence-electron chi connectivity index (χ1n) is 7.76. The van der Waals surface area contributed by atoms with Gasteiger partial charge in [0.25, 0.3) is 0 Å². The van der Waals surface area contributed by atoms with Crippen LogP contribution in [-0.2, 0) is 11.3 Å². The van der Waals surface area contributed by atoms with Gasteiger partial charge in [-0.1, -0.05) is 37.1 Å². The lowest BCUT2D eigenvalue weighted by molar-refractivity contribution is -0.141. The highest BCUT2D eigenvalue weighted by Gasteiger charge is 2.27. The molecule has 1 aliphatic heterocycles. The summed E-state index contributed by atoms with van der Waals surface area (Å²) in [7, 11) is 0. The standard InChI is InChI=1S/C17H23NO2/c19-17(20)16-9-10-18(12-16)11-13-5-7-15(8-6-13)14-3-1-2-4-14/h5-8,14,16H,1-4,9-12H2,(H,19,20). The summed E-state index contributed by atoms with van der Waals surface area (Å²) in [6.07, 6.45) is 6.21. The highest BCUT2D eigenvalue weighted by atomic mass is 16.4. The van der Waals surface area contributed by atoms with Crippen molar-refractivity contribution in [2.24, 2.45) is 5.92 Å². The van der Waals surface area contributed by atoms with Gasteiger partial charge >= 0.3 is 5.97 Å². The van der Waals surface area contributed by atoms with Crippen molar-refractivity contribution < 1.29 is 9.90 Å². The van der Waals surface area contributed by atoms with Gasteiger partial charge in [0.05, 0.1) is 5.92 Å². The van der Waals surface area contributed by atoms with Crippen molar-refractivity contribution in [2.45, 2.75) is 44.6 Å². The Morgan fingerprint density at radius 1 is 1.15 bits per heavy atom. The third-order valence-electron chi connectivity index (χ3n) is 4.83. The normalized spacial score (nSPS) is 24.3. The van der Waals surface area contributed by atoms with Gasteiger partial charge in [-0.3, -0.25) is 9.69 Å². The summed E-state index contributed by atoms with van der Waals surface area (Å²) in [5, 5.41) is 9.03. The lowest BCUT2D eigenvalue weighted by atomic mass is 9.97. The molecule has 2 aliphatic rings. The van der Waals surface area contributed by atoms with Crippen LogP contribution in [0.15, 0.2) is 24.3 Å². The van der Waals surface area contributed by atoms with E-state index in [0.29, 0.717) is 6.54 Å². The number of carbonyl (C=O) groups is 1. The van der Waals surface area contributed by atoms with E-state index in [-0.39, 0.29) is 5.92 Å². The molecule has 2 fully saturated rings. The van der Waals surface area contributed by atoms with Crippen molar-refractivity contribution in [3.8, 4) is 0 Å². The third-order valence-corrected chi connectivity index (χ3v) is 4.83. The molecule has 1 aromatic carbocycles. The molecule has 1 heterocycles. The minimum Gasteiger partial charge on any atom is -0.481 e. The zero-order chi connectivity index (χ0) is 13.9. The second kappa shape index (κ2) is 5.96. The van der Waals surface area contributed by atoms with Crippen molar-refractivity contribution >= 4 is 5.97 Å². The third kappa shape index (κ3) is 3.04. The molecule has 0 spiro atoms. The van der Waals surface area contributed by atoms with Crippen LogP contribution in [0.1, 0.15) is 49.1 Å². The lowest BCUT2D eigenvalue weighted by Gasteiger charge is -2.16. The first-order chi connectivity index (χ1) is 9.72. The van der Waals surface area contributed by atoms with E-state index in [0.717, 1.165) is 25.4 Å². The Bertz CT molecular complexity index is 462. The molecule has 1 saturated heterocycles. The van der Waals surface area contributed by atoms with Crippen molar-refractivity contribution in [3.63, 3.8) is 0 Å². The molecule has 1 aliphatic carbocycles. The molecule has 1 N–H and O–H groups in total. The van der Waals surface area contributed by atoms with Gasteiger partial charge < -0.3 is 5.11 Å². The van der Waals surface area contributed by atoms with E-state index < -0.39 is 5.97 Å². The molecule has 3 nitrogen and oxygen atoms in total. The average molecular weight is 273 g/mol. The van der Waals surface area contributed by atoms with E-state index in [4.69, 9.17) is 5.11 Å². The van der Waals surface area contributed by atoms with Gasteiger partial charge in [-0.05, 0) is 42.9 Å². The summed E-state index contributed by atoms with van der Waals surface area (Å²) in [5.41, 5.74) is 2.79. The van der Waals surface area contributed by atoms with Gasteiger partial charge in [0.15, 0.2) is 0 Å². The fourth-order valence-corrected chi connectivity index (χ4v) is 3.59. The van der Waals surface area contributed by atoms with Crippen LogP contribution in [0.2, 0.25) is 0 Å². The summed E-state index contributed by atoms with van der Waals surface area (Å²) >= 11 is 0. The van der Waals surface area contributed by atoms with Crippen molar-refractivity contribution in [1.29, 1.82) is 0 Å². The highest BCUT2D eigenvalue weighted by Crippen LogP contribution is 2.34. The highest BCUT2D eigenvalue weighted by molar-refractivity contribution is 5.70. The van der Waals surface area contributed by atoms with Crippen LogP contribution in [-0.4, -0.2) is 29.1 Å². The molecule has 1 aromatic rings. The maximum Gasteiger partial charge on any atom is 0.307 e. The van der Waals surface area contributed by atoms with Crippen LogP contribution in [0.3, 0.4) is 0 Å². The Labute approximate surface area is 120 Å². The lowest BCUT2D eigenvalue weighted by Crippen LogP contribution is -2.22. The van der Waals surface area contributed by atoms with E-state index in [9.17, 15) is 4.79 Å². The molecule has 0 aromatic heterocycles. The van der Waals surface area contributed by atoms with E-state index >= 15 is 0 Å². The van der Waals surface area contributed by atoms with Gasteiger partial charge in [0.1, 0.15) is 0 Å². The van der Waals surface area contributed by atoms with Gasteiger partial charge in [-0.15, -0.1) is 0 Å². The van der Waals surface area contributed by atoms with Crippen LogP contribution in [0.5, 0.6) is 0 Å². The number of carboxylic acids is 1. The van der Waals surface area contributed by atoms with Crippen LogP contribution >= 0.6 is 0 Å². The maximum atomic E-state index is 11.0. The first-order valence-corrected chi connectivity index (χ1v) is 7.76.